The lowest BCUT2D eigenvalue weighted by Crippen LogP contribution is -2.39. The molecule has 7 nitrogen and oxygen atoms in total. The first-order chi connectivity index (χ1) is 12.9. The van der Waals surface area contributed by atoms with Gasteiger partial charge in [-0.1, -0.05) is 29.5 Å². The molecule has 0 aliphatic heterocycles. The number of nitrogens with one attached hydrogen (secondary N) is 1. The zero-order valence-corrected chi connectivity index (χ0v) is 15.5. The highest BCUT2D eigenvalue weighted by Gasteiger charge is 2.19. The van der Waals surface area contributed by atoms with Crippen molar-refractivity contribution in [2.24, 2.45) is 0 Å². The molecule has 27 heavy (non-hydrogen) atoms. The summed E-state index contributed by atoms with van der Waals surface area (Å²) in [6, 6.07) is 14.8. The minimum atomic E-state index is -0.846. The van der Waals surface area contributed by atoms with Crippen molar-refractivity contribution < 1.29 is 14.3 Å². The van der Waals surface area contributed by atoms with Gasteiger partial charge >= 0.3 is 5.97 Å². The standard InChI is InChI=1S/C20H22N4O3/c1-13(2)21-19(25)14(3)27-20(26)16-10-8-15(9-11-16)12-24-18-7-5-4-6-17(18)22-23-24/h4-11,13-14H,12H2,1-3H3,(H,21,25)/t14-/m1/s1. The molecule has 0 bridgehead atoms. The molecule has 1 aromatic heterocycles. The van der Waals surface area contributed by atoms with E-state index in [1.165, 1.54) is 0 Å². The SMILES string of the molecule is CC(C)NC(=O)[C@@H](C)OC(=O)c1ccc(Cn2nnc3ccccc32)cc1. The number of aromatic nitrogens is 3. The molecule has 3 aromatic rings. The van der Waals surface area contributed by atoms with E-state index in [-0.39, 0.29) is 11.9 Å². The number of carbonyl (C=O) groups is 2. The molecule has 0 fully saturated rings. The van der Waals surface area contributed by atoms with Gasteiger partial charge in [0.1, 0.15) is 5.52 Å². The van der Waals surface area contributed by atoms with Gasteiger partial charge in [0, 0.05) is 6.04 Å². The van der Waals surface area contributed by atoms with Crippen LogP contribution < -0.4 is 5.32 Å². The topological polar surface area (TPSA) is 86.1 Å². The fourth-order valence-electron chi connectivity index (χ4n) is 2.64. The van der Waals surface area contributed by atoms with Crippen molar-refractivity contribution in [1.29, 1.82) is 0 Å². The first-order valence-electron chi connectivity index (χ1n) is 8.82. The number of carbonyl (C=O) groups excluding carboxylic acids is 2. The minimum absolute atomic E-state index is 0.00852. The highest BCUT2D eigenvalue weighted by atomic mass is 16.5. The molecule has 3 rings (SSSR count). The fourth-order valence-corrected chi connectivity index (χ4v) is 2.64. The van der Waals surface area contributed by atoms with Crippen LogP contribution in [0.5, 0.6) is 0 Å². The maximum Gasteiger partial charge on any atom is 0.338 e. The molecule has 1 amide bonds. The zero-order chi connectivity index (χ0) is 19.4. The van der Waals surface area contributed by atoms with Crippen LogP contribution in [0.3, 0.4) is 0 Å². The molecule has 0 unspecified atom stereocenters. The van der Waals surface area contributed by atoms with E-state index in [4.69, 9.17) is 4.74 Å². The Morgan fingerprint density at radius 2 is 1.78 bits per heavy atom. The molecular formula is C20H22N4O3. The molecule has 7 heteroatoms. The third-order valence-corrected chi connectivity index (χ3v) is 4.03. The maximum atomic E-state index is 12.2. The highest BCUT2D eigenvalue weighted by molar-refractivity contribution is 5.92. The molecule has 1 atom stereocenters. The summed E-state index contributed by atoms with van der Waals surface area (Å²) in [5.41, 5.74) is 3.16. The number of rotatable bonds is 6. The monoisotopic (exact) mass is 366 g/mol. The summed E-state index contributed by atoms with van der Waals surface area (Å²) in [5, 5.41) is 11.0. The third-order valence-electron chi connectivity index (χ3n) is 4.03. The van der Waals surface area contributed by atoms with Gasteiger partial charge in [-0.2, -0.15) is 0 Å². The van der Waals surface area contributed by atoms with Crippen molar-refractivity contribution in [2.75, 3.05) is 0 Å². The van der Waals surface area contributed by atoms with E-state index >= 15 is 0 Å². The highest BCUT2D eigenvalue weighted by Crippen LogP contribution is 2.13. The van der Waals surface area contributed by atoms with Crippen LogP contribution in [-0.2, 0) is 16.1 Å². The molecule has 0 aliphatic rings. The maximum absolute atomic E-state index is 12.2. The molecule has 0 saturated heterocycles. The van der Waals surface area contributed by atoms with Crippen LogP contribution in [0.15, 0.2) is 48.5 Å². The van der Waals surface area contributed by atoms with Crippen molar-refractivity contribution in [1.82, 2.24) is 20.3 Å². The lowest BCUT2D eigenvalue weighted by molar-refractivity contribution is -0.129. The number of hydrogen-bond acceptors (Lipinski definition) is 5. The molecule has 0 aliphatic carbocycles. The first kappa shape index (κ1) is 18.6. The number of hydrogen-bond donors (Lipinski definition) is 1. The zero-order valence-electron chi connectivity index (χ0n) is 15.5. The number of nitrogens with zero attached hydrogens (tertiary/aromatic N) is 3. The average Bonchev–Trinajstić information content (AvgIpc) is 3.04. The summed E-state index contributed by atoms with van der Waals surface area (Å²) in [6.45, 7) is 5.80. The van der Waals surface area contributed by atoms with Gasteiger partial charge in [0.25, 0.3) is 5.91 Å². The number of amides is 1. The fraction of sp³-hybridized carbons (Fsp3) is 0.300. The smallest absolute Gasteiger partial charge is 0.338 e. The van der Waals surface area contributed by atoms with Crippen LogP contribution in [0, 0.1) is 0 Å². The van der Waals surface area contributed by atoms with E-state index in [0.29, 0.717) is 12.1 Å². The minimum Gasteiger partial charge on any atom is -0.449 e. The molecule has 0 radical (unpaired) electrons. The molecule has 140 valence electrons. The summed E-state index contributed by atoms with van der Waals surface area (Å²) in [7, 11) is 0. The quantitative estimate of drug-likeness (QED) is 0.678. The van der Waals surface area contributed by atoms with E-state index in [2.05, 4.69) is 15.6 Å². The van der Waals surface area contributed by atoms with Crippen LogP contribution in [0.1, 0.15) is 36.7 Å². The average molecular weight is 366 g/mol. The van der Waals surface area contributed by atoms with Crippen molar-refractivity contribution in [2.45, 2.75) is 39.5 Å². The van der Waals surface area contributed by atoms with Crippen molar-refractivity contribution >= 4 is 22.9 Å². The van der Waals surface area contributed by atoms with E-state index in [9.17, 15) is 9.59 Å². The van der Waals surface area contributed by atoms with Gasteiger partial charge in [-0.25, -0.2) is 9.48 Å². The molecule has 0 spiro atoms. The van der Waals surface area contributed by atoms with Crippen molar-refractivity contribution in [3.05, 3.63) is 59.7 Å². The Balaban J connectivity index is 1.64. The van der Waals surface area contributed by atoms with Gasteiger partial charge in [0.2, 0.25) is 0 Å². The second kappa shape index (κ2) is 7.99. The summed E-state index contributed by atoms with van der Waals surface area (Å²) in [5.74, 6) is -0.841. The third kappa shape index (κ3) is 4.49. The molecule has 1 heterocycles. The number of fused-ring (bicyclic) bond motifs is 1. The largest absolute Gasteiger partial charge is 0.449 e. The Kier molecular flexibility index (Phi) is 5.49. The Labute approximate surface area is 157 Å². The normalized spacial score (nSPS) is 12.1. The molecule has 2 aromatic carbocycles. The lowest BCUT2D eigenvalue weighted by Gasteiger charge is -2.15. The summed E-state index contributed by atoms with van der Waals surface area (Å²) >= 11 is 0. The summed E-state index contributed by atoms with van der Waals surface area (Å²) < 4.78 is 7.03. The van der Waals surface area contributed by atoms with Gasteiger partial charge in [-0.15, -0.1) is 5.10 Å². The Morgan fingerprint density at radius 1 is 1.07 bits per heavy atom. The Hall–Kier alpha value is -3.22. The number of para-hydroxylation sites is 1. The van der Waals surface area contributed by atoms with E-state index in [0.717, 1.165) is 16.6 Å². The van der Waals surface area contributed by atoms with Gasteiger partial charge in [-0.05, 0) is 50.6 Å². The molecule has 0 saturated carbocycles. The Bertz CT molecular complexity index is 947. The second-order valence-electron chi connectivity index (χ2n) is 6.64. The first-order valence-corrected chi connectivity index (χ1v) is 8.82. The van der Waals surface area contributed by atoms with Crippen LogP contribution in [0.2, 0.25) is 0 Å². The molecular weight excluding hydrogens is 344 g/mol. The van der Waals surface area contributed by atoms with Crippen LogP contribution in [0.4, 0.5) is 0 Å². The Morgan fingerprint density at radius 3 is 2.48 bits per heavy atom. The number of esters is 1. The summed E-state index contributed by atoms with van der Waals surface area (Å²) in [6.07, 6.45) is -0.846. The van der Waals surface area contributed by atoms with Crippen LogP contribution >= 0.6 is 0 Å². The van der Waals surface area contributed by atoms with Gasteiger partial charge in [0.05, 0.1) is 17.6 Å². The van der Waals surface area contributed by atoms with E-state index in [1.54, 1.807) is 23.7 Å². The van der Waals surface area contributed by atoms with E-state index in [1.807, 2.05) is 50.2 Å². The number of benzene rings is 2. The lowest BCUT2D eigenvalue weighted by atomic mass is 10.1. The van der Waals surface area contributed by atoms with Gasteiger partial charge in [-0.3, -0.25) is 4.79 Å². The second-order valence-corrected chi connectivity index (χ2v) is 6.64. The van der Waals surface area contributed by atoms with Crippen LogP contribution in [-0.4, -0.2) is 39.0 Å². The van der Waals surface area contributed by atoms with E-state index < -0.39 is 12.1 Å². The van der Waals surface area contributed by atoms with Crippen LogP contribution in [0.25, 0.3) is 11.0 Å². The van der Waals surface area contributed by atoms with Gasteiger partial charge in [0.15, 0.2) is 6.10 Å². The predicted octanol–water partition coefficient (Wildman–Crippen LogP) is 2.55. The van der Waals surface area contributed by atoms with Crippen molar-refractivity contribution in [3.8, 4) is 0 Å². The van der Waals surface area contributed by atoms with Crippen molar-refractivity contribution in [3.63, 3.8) is 0 Å². The summed E-state index contributed by atoms with van der Waals surface area (Å²) in [4.78, 5) is 24.1. The predicted molar refractivity (Wildman–Crippen MR) is 101 cm³/mol. The molecule has 1 N–H and O–H groups in total. The number of ether oxygens (including phenoxy) is 1. The van der Waals surface area contributed by atoms with Gasteiger partial charge < -0.3 is 10.1 Å².